The van der Waals surface area contributed by atoms with Gasteiger partial charge in [0, 0.05) is 18.4 Å². The molecular weight excluding hydrogens is 356 g/mol. The molecule has 0 saturated carbocycles. The average molecular weight is 397 g/mol. The Hall–Kier alpha value is -0.883. The van der Waals surface area contributed by atoms with Crippen LogP contribution in [0.5, 0.6) is 5.75 Å². The third kappa shape index (κ3) is 6.90. The van der Waals surface area contributed by atoms with Crippen molar-refractivity contribution in [2.75, 3.05) is 13.7 Å². The highest BCUT2D eigenvalue weighted by Crippen LogP contribution is 2.39. The minimum atomic E-state index is -1.93. The molecular formula is C22H40O4Si. The van der Waals surface area contributed by atoms with E-state index in [1.807, 2.05) is 24.3 Å². The molecule has 27 heavy (non-hydrogen) atoms. The van der Waals surface area contributed by atoms with E-state index < -0.39 is 8.32 Å². The van der Waals surface area contributed by atoms with Crippen LogP contribution in [0.15, 0.2) is 24.3 Å². The van der Waals surface area contributed by atoms with Crippen molar-refractivity contribution in [2.24, 2.45) is 11.8 Å². The Kier molecular flexibility index (Phi) is 9.00. The SMILES string of the molecule is COc1ccc(COC(C)C(C)C(O[Si](C)(C)C(C)(C)C)C(C)CO)cc1. The summed E-state index contributed by atoms with van der Waals surface area (Å²) in [7, 11) is -0.267. The van der Waals surface area contributed by atoms with Crippen LogP contribution in [-0.2, 0) is 15.8 Å². The number of benzene rings is 1. The van der Waals surface area contributed by atoms with Crippen molar-refractivity contribution < 1.29 is 19.0 Å². The first-order valence-electron chi connectivity index (χ1n) is 9.96. The van der Waals surface area contributed by atoms with Crippen LogP contribution in [0.25, 0.3) is 0 Å². The van der Waals surface area contributed by atoms with Gasteiger partial charge in [0.25, 0.3) is 0 Å². The lowest BCUT2D eigenvalue weighted by molar-refractivity contribution is -0.0461. The van der Waals surface area contributed by atoms with Crippen molar-refractivity contribution in [3.63, 3.8) is 0 Å². The molecule has 0 aliphatic rings. The topological polar surface area (TPSA) is 47.9 Å². The first-order valence-corrected chi connectivity index (χ1v) is 12.9. The molecule has 4 atom stereocenters. The molecule has 0 aromatic heterocycles. The number of aliphatic hydroxyl groups is 1. The van der Waals surface area contributed by atoms with Crippen LogP contribution >= 0.6 is 0 Å². The highest BCUT2D eigenvalue weighted by molar-refractivity contribution is 6.74. The highest BCUT2D eigenvalue weighted by Gasteiger charge is 2.42. The second kappa shape index (κ2) is 10.1. The van der Waals surface area contributed by atoms with Crippen molar-refractivity contribution in [1.82, 2.24) is 0 Å². The summed E-state index contributed by atoms with van der Waals surface area (Å²) in [6.07, 6.45) is -0.00220. The fourth-order valence-electron chi connectivity index (χ4n) is 2.73. The zero-order valence-corrected chi connectivity index (χ0v) is 19.7. The summed E-state index contributed by atoms with van der Waals surface area (Å²) in [5, 5.41) is 9.91. The Labute approximate surface area is 167 Å². The normalized spacial score (nSPS) is 17.3. The van der Waals surface area contributed by atoms with Crippen LogP contribution in [0.2, 0.25) is 18.1 Å². The Morgan fingerprint density at radius 2 is 1.59 bits per heavy atom. The lowest BCUT2D eigenvalue weighted by Gasteiger charge is -2.43. The third-order valence-electron chi connectivity index (χ3n) is 6.02. The van der Waals surface area contributed by atoms with Crippen molar-refractivity contribution in [1.29, 1.82) is 0 Å². The monoisotopic (exact) mass is 396 g/mol. The van der Waals surface area contributed by atoms with Gasteiger partial charge in [-0.1, -0.05) is 46.8 Å². The first-order chi connectivity index (χ1) is 12.4. The van der Waals surface area contributed by atoms with E-state index in [1.165, 1.54) is 0 Å². The second-order valence-electron chi connectivity index (χ2n) is 9.23. The standard InChI is InChI=1S/C22H40O4Si/c1-16(14-23)21(26-27(8,9)22(4,5)6)17(2)18(3)25-15-19-10-12-20(24-7)13-11-19/h10-13,16-18,21,23H,14-15H2,1-9H3. The minimum Gasteiger partial charge on any atom is -0.497 e. The van der Waals surface area contributed by atoms with Gasteiger partial charge in [-0.15, -0.1) is 0 Å². The molecule has 4 unspecified atom stereocenters. The molecule has 0 bridgehead atoms. The maximum absolute atomic E-state index is 9.78. The Balaban J connectivity index is 2.79. The number of rotatable bonds is 10. The quantitative estimate of drug-likeness (QED) is 0.548. The van der Waals surface area contributed by atoms with Crippen LogP contribution in [-0.4, -0.2) is 39.3 Å². The molecule has 0 aliphatic carbocycles. The van der Waals surface area contributed by atoms with Gasteiger partial charge in [0.15, 0.2) is 8.32 Å². The van der Waals surface area contributed by atoms with E-state index in [0.29, 0.717) is 6.61 Å². The predicted octanol–water partition coefficient (Wildman–Crippen LogP) is 5.26. The van der Waals surface area contributed by atoms with Gasteiger partial charge in [0.1, 0.15) is 5.75 Å². The van der Waals surface area contributed by atoms with Crippen molar-refractivity contribution >= 4 is 8.32 Å². The maximum atomic E-state index is 9.78. The van der Waals surface area contributed by atoms with Crippen LogP contribution < -0.4 is 4.74 Å². The number of hydrogen-bond donors (Lipinski definition) is 1. The molecule has 0 radical (unpaired) electrons. The third-order valence-corrected chi connectivity index (χ3v) is 10.5. The van der Waals surface area contributed by atoms with Crippen LogP contribution in [0.4, 0.5) is 0 Å². The Morgan fingerprint density at radius 3 is 2.04 bits per heavy atom. The van der Waals surface area contributed by atoms with Gasteiger partial charge in [0.05, 0.1) is 25.9 Å². The predicted molar refractivity (Wildman–Crippen MR) is 115 cm³/mol. The summed E-state index contributed by atoms with van der Waals surface area (Å²) in [4.78, 5) is 0. The molecule has 0 saturated heterocycles. The number of methoxy groups -OCH3 is 1. The van der Waals surface area contributed by atoms with Gasteiger partial charge in [-0.05, 0) is 42.8 Å². The second-order valence-corrected chi connectivity index (χ2v) is 14.0. The van der Waals surface area contributed by atoms with E-state index in [0.717, 1.165) is 11.3 Å². The van der Waals surface area contributed by atoms with Crippen LogP contribution in [0.1, 0.15) is 47.1 Å². The van der Waals surface area contributed by atoms with E-state index in [9.17, 15) is 5.11 Å². The van der Waals surface area contributed by atoms with Gasteiger partial charge < -0.3 is 19.0 Å². The summed E-state index contributed by atoms with van der Waals surface area (Å²) in [5.41, 5.74) is 1.12. The molecule has 156 valence electrons. The molecule has 0 amide bonds. The highest BCUT2D eigenvalue weighted by atomic mass is 28.4. The number of aliphatic hydroxyl groups excluding tert-OH is 1. The fraction of sp³-hybridized carbons (Fsp3) is 0.727. The van der Waals surface area contributed by atoms with Gasteiger partial charge in [0.2, 0.25) is 0 Å². The Bertz CT molecular complexity index is 550. The van der Waals surface area contributed by atoms with E-state index in [2.05, 4.69) is 54.6 Å². The van der Waals surface area contributed by atoms with Crippen LogP contribution in [0.3, 0.4) is 0 Å². The van der Waals surface area contributed by atoms with Crippen molar-refractivity contribution in [3.8, 4) is 5.75 Å². The summed E-state index contributed by atoms with van der Waals surface area (Å²) in [6.45, 7) is 18.3. The van der Waals surface area contributed by atoms with Crippen molar-refractivity contribution in [3.05, 3.63) is 29.8 Å². The van der Waals surface area contributed by atoms with Gasteiger partial charge in [-0.2, -0.15) is 0 Å². The van der Waals surface area contributed by atoms with Gasteiger partial charge >= 0.3 is 0 Å². The molecule has 1 aromatic carbocycles. The zero-order valence-electron chi connectivity index (χ0n) is 18.7. The lowest BCUT2D eigenvalue weighted by Crippen LogP contribution is -2.49. The van der Waals surface area contributed by atoms with E-state index in [4.69, 9.17) is 13.9 Å². The molecule has 0 fully saturated rings. The van der Waals surface area contributed by atoms with E-state index >= 15 is 0 Å². The number of ether oxygens (including phenoxy) is 2. The minimum absolute atomic E-state index is 0.0240. The average Bonchev–Trinajstić information content (AvgIpc) is 2.62. The zero-order chi connectivity index (χ0) is 20.8. The maximum Gasteiger partial charge on any atom is 0.192 e. The summed E-state index contributed by atoms with van der Waals surface area (Å²) < 4.78 is 18.1. The number of hydrogen-bond acceptors (Lipinski definition) is 4. The summed E-state index contributed by atoms with van der Waals surface area (Å²) >= 11 is 0. The molecule has 1 aromatic rings. The van der Waals surface area contributed by atoms with Gasteiger partial charge in [-0.3, -0.25) is 0 Å². The van der Waals surface area contributed by atoms with Crippen molar-refractivity contribution in [2.45, 2.75) is 78.5 Å². The fourth-order valence-corrected chi connectivity index (χ4v) is 4.21. The lowest BCUT2D eigenvalue weighted by atomic mass is 9.90. The van der Waals surface area contributed by atoms with E-state index in [-0.39, 0.29) is 35.7 Å². The largest absolute Gasteiger partial charge is 0.497 e. The molecule has 1 N–H and O–H groups in total. The molecule has 0 spiro atoms. The van der Waals surface area contributed by atoms with Crippen LogP contribution in [0, 0.1) is 11.8 Å². The summed E-state index contributed by atoms with van der Waals surface area (Å²) in [5.74, 6) is 1.10. The molecule has 0 heterocycles. The van der Waals surface area contributed by atoms with Gasteiger partial charge in [-0.25, -0.2) is 0 Å². The molecule has 0 aliphatic heterocycles. The Morgan fingerprint density at radius 1 is 1.04 bits per heavy atom. The van der Waals surface area contributed by atoms with E-state index in [1.54, 1.807) is 7.11 Å². The molecule has 5 heteroatoms. The molecule has 4 nitrogen and oxygen atoms in total. The smallest absolute Gasteiger partial charge is 0.192 e. The molecule has 1 rings (SSSR count). The first kappa shape index (κ1) is 24.2. The summed E-state index contributed by atoms with van der Waals surface area (Å²) in [6, 6.07) is 7.94.